The number of sulfonamides is 1. The summed E-state index contributed by atoms with van der Waals surface area (Å²) < 4.78 is 39.7. The molecule has 8 heteroatoms. The van der Waals surface area contributed by atoms with Gasteiger partial charge in [-0.3, -0.25) is 0 Å². The summed E-state index contributed by atoms with van der Waals surface area (Å²) in [4.78, 5) is 1.07. The number of likely N-dealkylation sites (N-methyl/N-ethyl adjacent to an activating group) is 1. The van der Waals surface area contributed by atoms with E-state index in [1.165, 1.54) is 11.4 Å². The molecule has 114 valence electrons. The van der Waals surface area contributed by atoms with Crippen LogP contribution in [0.5, 0.6) is 0 Å². The minimum Gasteiger partial charge on any atom is -0.396 e. The van der Waals surface area contributed by atoms with Gasteiger partial charge in [0.2, 0.25) is 10.0 Å². The quantitative estimate of drug-likeness (QED) is 0.795. The molecule has 0 saturated heterocycles. The number of benzene rings is 1. The van der Waals surface area contributed by atoms with Gasteiger partial charge in [0.25, 0.3) is 0 Å². The van der Waals surface area contributed by atoms with Crippen molar-refractivity contribution in [2.45, 2.75) is 11.3 Å². The number of hydrogen-bond acceptors (Lipinski definition) is 4. The summed E-state index contributed by atoms with van der Waals surface area (Å²) in [6.07, 6.45) is 0.627. The number of nitrogen functional groups attached to an aromatic ring is 1. The predicted octanol–water partition coefficient (Wildman–Crippen LogP) is 3.10. The standard InChI is InChI=1S/C13H14BrFN2O2S2/c1-17(5-4-9-3-2-6-20-9)21(18,19)13-8-12(16)11(15)7-10(13)14/h2-3,6-8H,4-5,16H2,1H3. The zero-order valence-corrected chi connectivity index (χ0v) is 14.4. The van der Waals surface area contributed by atoms with Crippen LogP contribution < -0.4 is 5.73 Å². The first kappa shape index (κ1) is 16.4. The van der Waals surface area contributed by atoms with Crippen molar-refractivity contribution in [3.8, 4) is 0 Å². The molecular weight excluding hydrogens is 379 g/mol. The lowest BCUT2D eigenvalue weighted by Crippen LogP contribution is -2.29. The Morgan fingerprint density at radius 1 is 1.43 bits per heavy atom. The molecule has 0 atom stereocenters. The molecule has 0 unspecified atom stereocenters. The van der Waals surface area contributed by atoms with Crippen LogP contribution in [0.4, 0.5) is 10.1 Å². The molecule has 0 aliphatic heterocycles. The van der Waals surface area contributed by atoms with E-state index in [9.17, 15) is 12.8 Å². The monoisotopic (exact) mass is 392 g/mol. The van der Waals surface area contributed by atoms with Gasteiger partial charge in [0.05, 0.1) is 10.6 Å². The molecule has 0 bridgehead atoms. The summed E-state index contributed by atoms with van der Waals surface area (Å²) in [5, 5.41) is 1.95. The molecule has 2 N–H and O–H groups in total. The Morgan fingerprint density at radius 2 is 2.14 bits per heavy atom. The summed E-state index contributed by atoms with van der Waals surface area (Å²) in [6.45, 7) is 0.340. The topological polar surface area (TPSA) is 63.4 Å². The van der Waals surface area contributed by atoms with Crippen LogP contribution in [0.3, 0.4) is 0 Å². The lowest BCUT2D eigenvalue weighted by molar-refractivity contribution is 0.473. The van der Waals surface area contributed by atoms with Gasteiger partial charge >= 0.3 is 0 Å². The Hall–Kier alpha value is -0.960. The summed E-state index contributed by atoms with van der Waals surface area (Å²) in [5.74, 6) is -0.651. The lowest BCUT2D eigenvalue weighted by atomic mass is 10.3. The Bertz CT molecular complexity index is 733. The SMILES string of the molecule is CN(CCc1cccs1)S(=O)(=O)c1cc(N)c(F)cc1Br. The van der Waals surface area contributed by atoms with Gasteiger partial charge in [-0.05, 0) is 45.9 Å². The average Bonchev–Trinajstić information content (AvgIpc) is 2.93. The predicted molar refractivity (Wildman–Crippen MR) is 86.4 cm³/mol. The molecule has 2 rings (SSSR count). The molecule has 0 aliphatic carbocycles. The molecule has 2 aromatic rings. The molecule has 1 aromatic carbocycles. The van der Waals surface area contributed by atoms with E-state index in [4.69, 9.17) is 5.73 Å². The van der Waals surface area contributed by atoms with Crippen LogP contribution in [0.2, 0.25) is 0 Å². The van der Waals surface area contributed by atoms with Gasteiger partial charge in [-0.1, -0.05) is 6.07 Å². The molecular formula is C13H14BrFN2O2S2. The van der Waals surface area contributed by atoms with Crippen LogP contribution in [0.25, 0.3) is 0 Å². The van der Waals surface area contributed by atoms with Gasteiger partial charge in [0, 0.05) is 22.9 Å². The van der Waals surface area contributed by atoms with E-state index >= 15 is 0 Å². The van der Waals surface area contributed by atoms with Crippen LogP contribution in [-0.4, -0.2) is 26.3 Å². The Balaban J connectivity index is 2.22. The van der Waals surface area contributed by atoms with Crippen LogP contribution in [0.15, 0.2) is 39.0 Å². The summed E-state index contributed by atoms with van der Waals surface area (Å²) in [6, 6.07) is 6.08. The fourth-order valence-electron chi connectivity index (χ4n) is 1.75. The highest BCUT2D eigenvalue weighted by atomic mass is 79.9. The smallest absolute Gasteiger partial charge is 0.244 e. The molecule has 1 aromatic heterocycles. The molecule has 0 saturated carbocycles. The van der Waals surface area contributed by atoms with E-state index in [0.29, 0.717) is 13.0 Å². The summed E-state index contributed by atoms with van der Waals surface area (Å²) in [7, 11) is -2.22. The van der Waals surface area contributed by atoms with Crippen molar-refractivity contribution in [1.82, 2.24) is 4.31 Å². The Kier molecular flexibility index (Phi) is 5.03. The van der Waals surface area contributed by atoms with Gasteiger partial charge in [0.15, 0.2) is 0 Å². The van der Waals surface area contributed by atoms with Crippen molar-refractivity contribution in [2.24, 2.45) is 0 Å². The Morgan fingerprint density at radius 3 is 2.76 bits per heavy atom. The average molecular weight is 393 g/mol. The van der Waals surface area contributed by atoms with E-state index in [0.717, 1.165) is 17.0 Å². The minimum absolute atomic E-state index is 0.0323. The summed E-state index contributed by atoms with van der Waals surface area (Å²) in [5.41, 5.74) is 5.27. The van der Waals surface area contributed by atoms with Crippen molar-refractivity contribution in [2.75, 3.05) is 19.3 Å². The first-order valence-corrected chi connectivity index (χ1v) is 9.17. The van der Waals surface area contributed by atoms with Gasteiger partial charge in [-0.2, -0.15) is 0 Å². The number of hydrogen-bond donors (Lipinski definition) is 1. The molecule has 0 spiro atoms. The van der Waals surface area contributed by atoms with E-state index < -0.39 is 15.8 Å². The second-order valence-corrected chi connectivity index (χ2v) is 8.36. The number of halogens is 2. The number of rotatable bonds is 5. The highest BCUT2D eigenvalue weighted by Crippen LogP contribution is 2.28. The zero-order chi connectivity index (χ0) is 15.6. The molecule has 1 heterocycles. The van der Waals surface area contributed by atoms with E-state index in [-0.39, 0.29) is 15.1 Å². The third kappa shape index (κ3) is 3.63. The fraction of sp³-hybridized carbons (Fsp3) is 0.231. The maximum absolute atomic E-state index is 13.3. The molecule has 0 radical (unpaired) electrons. The van der Waals surface area contributed by atoms with E-state index in [1.807, 2.05) is 17.5 Å². The molecule has 21 heavy (non-hydrogen) atoms. The number of nitrogens with zero attached hydrogens (tertiary/aromatic N) is 1. The van der Waals surface area contributed by atoms with E-state index in [2.05, 4.69) is 15.9 Å². The van der Waals surface area contributed by atoms with Crippen LogP contribution in [0.1, 0.15) is 4.88 Å². The largest absolute Gasteiger partial charge is 0.396 e. The molecule has 0 aliphatic rings. The third-order valence-corrected chi connectivity index (χ3v) is 6.74. The number of anilines is 1. The normalized spacial score (nSPS) is 12.0. The number of thiophene rings is 1. The van der Waals surface area contributed by atoms with Crippen molar-refractivity contribution in [3.63, 3.8) is 0 Å². The maximum Gasteiger partial charge on any atom is 0.244 e. The highest BCUT2D eigenvalue weighted by molar-refractivity contribution is 9.10. The van der Waals surface area contributed by atoms with Crippen molar-refractivity contribution in [3.05, 3.63) is 44.8 Å². The lowest BCUT2D eigenvalue weighted by Gasteiger charge is -2.18. The van der Waals surface area contributed by atoms with Gasteiger partial charge in [0.1, 0.15) is 5.82 Å². The molecule has 0 fully saturated rings. The van der Waals surface area contributed by atoms with Gasteiger partial charge in [-0.25, -0.2) is 17.1 Å². The maximum atomic E-state index is 13.3. The Labute approximate surface area is 135 Å². The van der Waals surface area contributed by atoms with Crippen molar-refractivity contribution >= 4 is 43.0 Å². The van der Waals surface area contributed by atoms with Crippen LogP contribution >= 0.6 is 27.3 Å². The fourth-order valence-corrected chi connectivity index (χ4v) is 4.63. The second-order valence-electron chi connectivity index (χ2n) is 4.46. The van der Waals surface area contributed by atoms with Crippen molar-refractivity contribution < 1.29 is 12.8 Å². The first-order chi connectivity index (χ1) is 9.82. The van der Waals surface area contributed by atoms with Gasteiger partial charge < -0.3 is 5.73 Å². The molecule has 0 amide bonds. The van der Waals surface area contributed by atoms with Crippen molar-refractivity contribution in [1.29, 1.82) is 0 Å². The van der Waals surface area contributed by atoms with E-state index in [1.54, 1.807) is 11.3 Å². The number of nitrogens with two attached hydrogens (primary N) is 1. The highest BCUT2D eigenvalue weighted by Gasteiger charge is 2.24. The first-order valence-electron chi connectivity index (χ1n) is 6.05. The third-order valence-electron chi connectivity index (χ3n) is 2.99. The van der Waals surface area contributed by atoms with Gasteiger partial charge in [-0.15, -0.1) is 11.3 Å². The second kappa shape index (κ2) is 6.43. The van der Waals surface area contributed by atoms with Crippen LogP contribution in [0, 0.1) is 5.82 Å². The molecule has 4 nitrogen and oxygen atoms in total. The summed E-state index contributed by atoms with van der Waals surface area (Å²) >= 11 is 4.65. The van der Waals surface area contributed by atoms with Crippen LogP contribution in [-0.2, 0) is 16.4 Å². The zero-order valence-electron chi connectivity index (χ0n) is 11.2. The minimum atomic E-state index is -3.72.